The summed E-state index contributed by atoms with van der Waals surface area (Å²) < 4.78 is 0. The Morgan fingerprint density at radius 2 is 1.93 bits per heavy atom. The molecule has 1 fully saturated rings. The fourth-order valence-corrected chi connectivity index (χ4v) is 4.93. The first-order valence-corrected chi connectivity index (χ1v) is 10.8. The van der Waals surface area contributed by atoms with Crippen LogP contribution in [-0.4, -0.2) is 32.5 Å². The highest BCUT2D eigenvalue weighted by Gasteiger charge is 2.34. The van der Waals surface area contributed by atoms with Crippen LogP contribution in [0.1, 0.15) is 52.9 Å². The third-order valence-electron chi connectivity index (χ3n) is 5.55. The molecule has 2 aromatic rings. The van der Waals surface area contributed by atoms with Crippen LogP contribution in [0.3, 0.4) is 0 Å². The van der Waals surface area contributed by atoms with Gasteiger partial charge in [-0.3, -0.25) is 9.79 Å². The van der Waals surface area contributed by atoms with Crippen molar-refractivity contribution in [2.24, 2.45) is 4.99 Å². The average Bonchev–Trinajstić information content (AvgIpc) is 3.30. The number of hydrogen-bond acceptors (Lipinski definition) is 3. The predicted molar refractivity (Wildman–Crippen MR) is 133 cm³/mol. The average molecular weight is 526 g/mol. The van der Waals surface area contributed by atoms with Crippen molar-refractivity contribution >= 4 is 47.2 Å². The highest BCUT2D eigenvalue weighted by atomic mass is 127. The van der Waals surface area contributed by atoms with Crippen molar-refractivity contribution in [3.05, 3.63) is 57.8 Å². The number of nitrogens with one attached hydrogen (secondary N) is 3. The third-order valence-corrected chi connectivity index (χ3v) is 6.66. The predicted octanol–water partition coefficient (Wildman–Crippen LogP) is 4.29. The molecular formula is C22H31IN4OS. The maximum atomic E-state index is 11.8. The Kier molecular flexibility index (Phi) is 9.42. The second-order valence-corrected chi connectivity index (χ2v) is 8.32. The van der Waals surface area contributed by atoms with Gasteiger partial charge >= 0.3 is 0 Å². The van der Waals surface area contributed by atoms with E-state index in [-0.39, 0.29) is 35.3 Å². The summed E-state index contributed by atoms with van der Waals surface area (Å²) in [4.78, 5) is 17.7. The van der Waals surface area contributed by atoms with E-state index in [9.17, 15) is 4.79 Å². The van der Waals surface area contributed by atoms with Crippen molar-refractivity contribution in [1.82, 2.24) is 16.0 Å². The van der Waals surface area contributed by atoms with Gasteiger partial charge in [0.05, 0.1) is 0 Å². The van der Waals surface area contributed by atoms with Crippen LogP contribution >= 0.6 is 35.3 Å². The number of halogens is 1. The molecule has 158 valence electrons. The van der Waals surface area contributed by atoms with Gasteiger partial charge in [-0.15, -0.1) is 35.3 Å². The van der Waals surface area contributed by atoms with E-state index in [4.69, 9.17) is 0 Å². The second-order valence-electron chi connectivity index (χ2n) is 7.38. The molecule has 1 saturated carbocycles. The van der Waals surface area contributed by atoms with Gasteiger partial charge in [-0.2, -0.15) is 0 Å². The molecule has 0 saturated heterocycles. The van der Waals surface area contributed by atoms with Gasteiger partial charge in [-0.1, -0.05) is 37.5 Å². The molecular weight excluding hydrogens is 495 g/mol. The minimum Gasteiger partial charge on any atom is -0.355 e. The third kappa shape index (κ3) is 6.18. The number of carbonyl (C=O) groups excluding carboxylic acids is 1. The second kappa shape index (κ2) is 11.5. The molecule has 1 aromatic heterocycles. The molecule has 0 atom stereocenters. The van der Waals surface area contributed by atoms with Crippen LogP contribution in [0, 0.1) is 0 Å². The van der Waals surface area contributed by atoms with Crippen LogP contribution < -0.4 is 16.0 Å². The van der Waals surface area contributed by atoms with Crippen molar-refractivity contribution in [3.63, 3.8) is 0 Å². The maximum absolute atomic E-state index is 11.8. The van der Waals surface area contributed by atoms with Gasteiger partial charge in [0, 0.05) is 43.0 Å². The van der Waals surface area contributed by atoms with Crippen molar-refractivity contribution in [3.8, 4) is 0 Å². The highest BCUT2D eigenvalue weighted by Crippen LogP contribution is 2.41. The van der Waals surface area contributed by atoms with E-state index in [0.717, 1.165) is 18.1 Å². The smallest absolute Gasteiger partial charge is 0.251 e. The van der Waals surface area contributed by atoms with Crippen molar-refractivity contribution < 1.29 is 4.79 Å². The van der Waals surface area contributed by atoms with Crippen LogP contribution in [0.4, 0.5) is 0 Å². The number of rotatable bonds is 6. The molecule has 1 amide bonds. The standard InChI is InChI=1S/C22H30N4OS.HI/c1-23-20(27)18-9-6-8-17(14-18)15-25-21(24-2)26-16-22(11-4-3-5-12-22)19-10-7-13-28-19;/h6-10,13-14H,3-5,11-12,15-16H2,1-2H3,(H,23,27)(H2,24,25,26);1H. The lowest BCUT2D eigenvalue weighted by Gasteiger charge is -2.37. The molecule has 3 rings (SSSR count). The van der Waals surface area contributed by atoms with Crippen molar-refractivity contribution in [2.75, 3.05) is 20.6 Å². The van der Waals surface area contributed by atoms with Gasteiger partial charge in [0.2, 0.25) is 0 Å². The minimum absolute atomic E-state index is 0. The zero-order valence-corrected chi connectivity index (χ0v) is 20.3. The summed E-state index contributed by atoms with van der Waals surface area (Å²) in [5.74, 6) is 0.728. The Morgan fingerprint density at radius 1 is 1.14 bits per heavy atom. The number of amides is 1. The number of carbonyl (C=O) groups is 1. The zero-order valence-electron chi connectivity index (χ0n) is 17.2. The zero-order chi connectivity index (χ0) is 19.8. The highest BCUT2D eigenvalue weighted by molar-refractivity contribution is 14.0. The molecule has 0 spiro atoms. The molecule has 0 unspecified atom stereocenters. The number of nitrogens with zero attached hydrogens (tertiary/aromatic N) is 1. The molecule has 0 radical (unpaired) electrons. The Hall–Kier alpha value is -1.61. The van der Waals surface area contributed by atoms with Crippen LogP contribution in [0.5, 0.6) is 0 Å². The molecule has 1 aliphatic carbocycles. The van der Waals surface area contributed by atoms with Gasteiger partial charge in [0.15, 0.2) is 5.96 Å². The van der Waals surface area contributed by atoms with Crippen LogP contribution in [0.25, 0.3) is 0 Å². The summed E-state index contributed by atoms with van der Waals surface area (Å²) >= 11 is 1.87. The van der Waals surface area contributed by atoms with E-state index >= 15 is 0 Å². The largest absolute Gasteiger partial charge is 0.355 e. The fourth-order valence-electron chi connectivity index (χ4n) is 3.95. The quantitative estimate of drug-likeness (QED) is 0.299. The summed E-state index contributed by atoms with van der Waals surface area (Å²) in [7, 11) is 3.45. The van der Waals surface area contributed by atoms with Gasteiger partial charge in [0.1, 0.15) is 0 Å². The number of thiophene rings is 1. The normalized spacial score (nSPS) is 15.9. The number of aliphatic imine (C=N–C) groups is 1. The van der Waals surface area contributed by atoms with Gasteiger partial charge in [-0.25, -0.2) is 0 Å². The summed E-state index contributed by atoms with van der Waals surface area (Å²) in [5, 5.41) is 11.8. The Bertz CT molecular complexity index is 801. The molecule has 5 nitrogen and oxygen atoms in total. The SMILES string of the molecule is CN=C(NCc1cccc(C(=O)NC)c1)NCC1(c2cccs2)CCCCC1.I. The number of benzene rings is 1. The lowest BCUT2D eigenvalue weighted by Crippen LogP contribution is -2.46. The Balaban J connectivity index is 0.00000300. The van der Waals surface area contributed by atoms with E-state index in [2.05, 4.69) is 38.5 Å². The Morgan fingerprint density at radius 3 is 2.59 bits per heavy atom. The summed E-state index contributed by atoms with van der Waals surface area (Å²) in [6.07, 6.45) is 6.37. The van der Waals surface area contributed by atoms with Crippen molar-refractivity contribution in [1.29, 1.82) is 0 Å². The van der Waals surface area contributed by atoms with E-state index in [1.807, 2.05) is 35.6 Å². The van der Waals surface area contributed by atoms with Crippen LogP contribution in [0.2, 0.25) is 0 Å². The lowest BCUT2D eigenvalue weighted by atomic mass is 9.73. The minimum atomic E-state index is -0.0699. The number of guanidine groups is 1. The molecule has 0 aliphatic heterocycles. The summed E-state index contributed by atoms with van der Waals surface area (Å²) in [5.41, 5.74) is 1.93. The maximum Gasteiger partial charge on any atom is 0.251 e. The fraction of sp³-hybridized carbons (Fsp3) is 0.455. The van der Waals surface area contributed by atoms with E-state index < -0.39 is 0 Å². The molecule has 1 heterocycles. The number of hydrogen-bond donors (Lipinski definition) is 3. The Labute approximate surface area is 194 Å². The van der Waals surface area contributed by atoms with E-state index in [1.165, 1.54) is 37.0 Å². The van der Waals surface area contributed by atoms with Crippen molar-refractivity contribution in [2.45, 2.75) is 44.1 Å². The molecule has 29 heavy (non-hydrogen) atoms. The first-order chi connectivity index (χ1) is 13.7. The topological polar surface area (TPSA) is 65.5 Å². The summed E-state index contributed by atoms with van der Waals surface area (Å²) in [6.45, 7) is 1.52. The van der Waals surface area contributed by atoms with E-state index in [1.54, 1.807) is 14.1 Å². The lowest BCUT2D eigenvalue weighted by molar-refractivity contribution is 0.0963. The van der Waals surface area contributed by atoms with Gasteiger partial charge in [-0.05, 0) is 42.0 Å². The molecule has 3 N–H and O–H groups in total. The summed E-state index contributed by atoms with van der Waals surface area (Å²) in [6, 6.07) is 12.1. The van der Waals surface area contributed by atoms with E-state index in [0.29, 0.717) is 12.1 Å². The molecule has 0 bridgehead atoms. The first-order valence-electron chi connectivity index (χ1n) is 9.96. The van der Waals surface area contributed by atoms with Crippen LogP contribution in [0.15, 0.2) is 46.8 Å². The molecule has 1 aliphatic rings. The van der Waals surface area contributed by atoms with Gasteiger partial charge in [0.25, 0.3) is 5.91 Å². The van der Waals surface area contributed by atoms with Gasteiger partial charge < -0.3 is 16.0 Å². The monoisotopic (exact) mass is 526 g/mol. The molecule has 7 heteroatoms. The first kappa shape index (κ1) is 23.7. The van der Waals surface area contributed by atoms with Crippen LogP contribution in [-0.2, 0) is 12.0 Å². The molecule has 1 aromatic carbocycles.